The molecule has 4 rings (SSSR count). The summed E-state index contributed by atoms with van der Waals surface area (Å²) in [7, 11) is 3.35. The van der Waals surface area contributed by atoms with E-state index in [2.05, 4.69) is 25.2 Å². The standard InChI is InChI=1S/C24H36O5/c1-5-27-22-13-19-16(12-21(22)28-14-25-3)6-7-18-17(19)10-11-24(2)20(18)8-9-23(24)29-15-26-4/h6,12-13,17-20,23H,5,7-11,14-15H2,1-4H3/t17-,18+,19-,20-,23?,24-/m0/s1. The third-order valence-corrected chi connectivity index (χ3v) is 7.77. The van der Waals surface area contributed by atoms with Crippen molar-refractivity contribution in [2.45, 2.75) is 52.1 Å². The van der Waals surface area contributed by atoms with Crippen LogP contribution in [0, 0.1) is 29.1 Å². The Balaban J connectivity index is 1.56. The molecule has 2 saturated carbocycles. The summed E-state index contributed by atoms with van der Waals surface area (Å²) in [5.41, 5.74) is 1.66. The highest BCUT2D eigenvalue weighted by atomic mass is 16.7. The highest BCUT2D eigenvalue weighted by molar-refractivity contribution is 5.42. The van der Waals surface area contributed by atoms with E-state index < -0.39 is 0 Å². The molecule has 162 valence electrons. The minimum atomic E-state index is 0.240. The number of allylic oxidation sites excluding steroid dienone is 4. The van der Waals surface area contributed by atoms with Gasteiger partial charge in [0.1, 0.15) is 6.79 Å². The van der Waals surface area contributed by atoms with Crippen molar-refractivity contribution in [3.05, 3.63) is 35.3 Å². The molecule has 0 aliphatic heterocycles. The highest BCUT2D eigenvalue weighted by Crippen LogP contribution is 2.61. The van der Waals surface area contributed by atoms with Crippen LogP contribution in [0.1, 0.15) is 46.0 Å². The topological polar surface area (TPSA) is 46.2 Å². The molecule has 6 atom stereocenters. The van der Waals surface area contributed by atoms with Crippen LogP contribution in [0.2, 0.25) is 0 Å². The monoisotopic (exact) mass is 404 g/mol. The van der Waals surface area contributed by atoms with Crippen LogP contribution in [-0.4, -0.2) is 40.5 Å². The summed E-state index contributed by atoms with van der Waals surface area (Å²) in [6.45, 7) is 5.76. The first kappa shape index (κ1) is 21.0. The molecule has 29 heavy (non-hydrogen) atoms. The van der Waals surface area contributed by atoms with Gasteiger partial charge >= 0.3 is 0 Å². The van der Waals surface area contributed by atoms with E-state index in [1.165, 1.54) is 24.8 Å². The van der Waals surface area contributed by atoms with Crippen molar-refractivity contribution in [2.75, 3.05) is 34.4 Å². The summed E-state index contributed by atoms with van der Waals surface area (Å²) >= 11 is 0. The molecule has 0 heterocycles. The Morgan fingerprint density at radius 1 is 1.00 bits per heavy atom. The van der Waals surface area contributed by atoms with Gasteiger partial charge < -0.3 is 23.7 Å². The molecule has 0 aromatic carbocycles. The van der Waals surface area contributed by atoms with Crippen molar-refractivity contribution in [1.82, 2.24) is 0 Å². The van der Waals surface area contributed by atoms with Gasteiger partial charge in [0.05, 0.1) is 12.7 Å². The molecule has 0 radical (unpaired) electrons. The molecule has 0 bridgehead atoms. The lowest BCUT2D eigenvalue weighted by molar-refractivity contribution is -0.129. The fourth-order valence-corrected chi connectivity index (χ4v) is 6.49. The second-order valence-corrected chi connectivity index (χ2v) is 9.11. The molecule has 0 saturated heterocycles. The van der Waals surface area contributed by atoms with Crippen molar-refractivity contribution >= 4 is 0 Å². The second kappa shape index (κ2) is 8.83. The van der Waals surface area contributed by atoms with Gasteiger partial charge in [-0.3, -0.25) is 0 Å². The van der Waals surface area contributed by atoms with E-state index >= 15 is 0 Å². The van der Waals surface area contributed by atoms with Crippen molar-refractivity contribution < 1.29 is 23.7 Å². The molecule has 0 spiro atoms. The number of ether oxygens (including phenoxy) is 5. The average Bonchev–Trinajstić information content (AvgIpc) is 3.07. The Kier molecular flexibility index (Phi) is 6.38. The number of methoxy groups -OCH3 is 2. The molecule has 0 amide bonds. The number of fused-ring (bicyclic) bond motifs is 5. The van der Waals surface area contributed by atoms with Gasteiger partial charge in [-0.2, -0.15) is 0 Å². The zero-order valence-electron chi connectivity index (χ0n) is 18.3. The van der Waals surface area contributed by atoms with E-state index in [4.69, 9.17) is 23.7 Å². The van der Waals surface area contributed by atoms with Crippen LogP contribution in [0.25, 0.3) is 0 Å². The molecular formula is C24H36O5. The maximum atomic E-state index is 6.10. The molecular weight excluding hydrogens is 368 g/mol. The Morgan fingerprint density at radius 2 is 1.83 bits per heavy atom. The lowest BCUT2D eigenvalue weighted by Gasteiger charge is -2.52. The van der Waals surface area contributed by atoms with Crippen molar-refractivity contribution in [2.24, 2.45) is 29.1 Å². The van der Waals surface area contributed by atoms with Crippen LogP contribution < -0.4 is 0 Å². The van der Waals surface area contributed by atoms with Crippen molar-refractivity contribution in [1.29, 1.82) is 0 Å². The Morgan fingerprint density at radius 3 is 2.59 bits per heavy atom. The maximum Gasteiger partial charge on any atom is 0.188 e. The van der Waals surface area contributed by atoms with E-state index in [0.29, 0.717) is 37.3 Å². The van der Waals surface area contributed by atoms with Crippen LogP contribution in [0.15, 0.2) is 35.3 Å². The van der Waals surface area contributed by atoms with Crippen LogP contribution >= 0.6 is 0 Å². The van der Waals surface area contributed by atoms with Crippen LogP contribution in [0.4, 0.5) is 0 Å². The first-order valence-corrected chi connectivity index (χ1v) is 11.1. The molecule has 1 unspecified atom stereocenters. The smallest absolute Gasteiger partial charge is 0.188 e. The van der Waals surface area contributed by atoms with Crippen molar-refractivity contribution in [3.8, 4) is 0 Å². The summed E-state index contributed by atoms with van der Waals surface area (Å²) in [6.07, 6.45) is 13.3. The summed E-state index contributed by atoms with van der Waals surface area (Å²) in [5, 5.41) is 0. The lowest BCUT2D eigenvalue weighted by atomic mass is 9.54. The third-order valence-electron chi connectivity index (χ3n) is 7.77. The van der Waals surface area contributed by atoms with Crippen molar-refractivity contribution in [3.63, 3.8) is 0 Å². The summed E-state index contributed by atoms with van der Waals surface area (Å²) in [6, 6.07) is 0. The summed E-state index contributed by atoms with van der Waals surface area (Å²) in [4.78, 5) is 0. The van der Waals surface area contributed by atoms with Gasteiger partial charge in [0.25, 0.3) is 0 Å². The quantitative estimate of drug-likeness (QED) is 0.544. The normalized spacial score (nSPS) is 38.2. The number of rotatable bonds is 8. The van der Waals surface area contributed by atoms with E-state index in [1.807, 2.05) is 6.92 Å². The molecule has 0 aromatic rings. The number of hydrogen-bond donors (Lipinski definition) is 0. The maximum absolute atomic E-state index is 6.10. The highest BCUT2D eigenvalue weighted by Gasteiger charge is 2.56. The van der Waals surface area contributed by atoms with E-state index in [9.17, 15) is 0 Å². The predicted molar refractivity (Wildman–Crippen MR) is 111 cm³/mol. The molecule has 4 aliphatic carbocycles. The molecule has 4 aliphatic rings. The minimum Gasteiger partial charge on any atom is -0.490 e. The van der Waals surface area contributed by atoms with Gasteiger partial charge in [-0.05, 0) is 79.9 Å². The van der Waals surface area contributed by atoms with E-state index in [0.717, 1.165) is 30.3 Å². The zero-order chi connectivity index (χ0) is 20.4. The van der Waals surface area contributed by atoms with Crippen LogP contribution in [0.3, 0.4) is 0 Å². The van der Waals surface area contributed by atoms with Gasteiger partial charge in [0.2, 0.25) is 0 Å². The minimum absolute atomic E-state index is 0.240. The predicted octanol–water partition coefficient (Wildman–Crippen LogP) is 4.80. The third kappa shape index (κ3) is 3.77. The Hall–Kier alpha value is -1.30. The Bertz CT molecular complexity index is 681. The molecule has 0 N–H and O–H groups in total. The van der Waals surface area contributed by atoms with Gasteiger partial charge in [-0.1, -0.05) is 13.0 Å². The molecule has 0 aromatic heterocycles. The van der Waals surface area contributed by atoms with E-state index in [1.54, 1.807) is 14.2 Å². The van der Waals surface area contributed by atoms with Gasteiger partial charge in [0.15, 0.2) is 18.3 Å². The molecule has 2 fully saturated rings. The molecule has 5 nitrogen and oxygen atoms in total. The molecule has 5 heteroatoms. The zero-order valence-corrected chi connectivity index (χ0v) is 18.3. The van der Waals surface area contributed by atoms with Gasteiger partial charge in [0, 0.05) is 20.1 Å². The van der Waals surface area contributed by atoms with Gasteiger partial charge in [-0.15, -0.1) is 0 Å². The number of hydrogen-bond acceptors (Lipinski definition) is 5. The Labute approximate surface area is 175 Å². The first-order valence-electron chi connectivity index (χ1n) is 11.1. The van der Waals surface area contributed by atoms with Crippen LogP contribution in [0.5, 0.6) is 0 Å². The summed E-state index contributed by atoms with van der Waals surface area (Å²) in [5.74, 6) is 4.20. The van der Waals surface area contributed by atoms with E-state index in [-0.39, 0.29) is 12.2 Å². The summed E-state index contributed by atoms with van der Waals surface area (Å²) < 4.78 is 28.1. The van der Waals surface area contributed by atoms with Gasteiger partial charge in [-0.25, -0.2) is 0 Å². The SMILES string of the molecule is CCOC1=C[C@H]2C(=CC[C@@H]3[C@@H]2CC[C@]2(C)C(OCOC)CC[C@@H]32)C=C1OCOC. The second-order valence-electron chi connectivity index (χ2n) is 9.11. The fraction of sp³-hybridized carbons (Fsp3) is 0.750. The fourth-order valence-electron chi connectivity index (χ4n) is 6.49. The first-order chi connectivity index (χ1) is 14.1. The lowest BCUT2D eigenvalue weighted by Crippen LogP contribution is -2.47. The van der Waals surface area contributed by atoms with Crippen LogP contribution in [-0.2, 0) is 23.7 Å². The average molecular weight is 405 g/mol. The largest absolute Gasteiger partial charge is 0.490 e.